The second-order valence-electron chi connectivity index (χ2n) is 5.34. The van der Waals surface area contributed by atoms with Crippen molar-refractivity contribution in [3.63, 3.8) is 0 Å². The van der Waals surface area contributed by atoms with E-state index in [9.17, 15) is 4.79 Å². The average Bonchev–Trinajstić information content (AvgIpc) is 2.53. The lowest BCUT2D eigenvalue weighted by Gasteiger charge is -2.29. The highest BCUT2D eigenvalue weighted by atomic mass is 16.5. The number of ether oxygens (including phenoxy) is 1. The first kappa shape index (κ1) is 14.4. The number of aromatic nitrogens is 3. The van der Waals surface area contributed by atoms with Crippen molar-refractivity contribution in [2.24, 2.45) is 0 Å². The molecule has 0 radical (unpaired) electrons. The molecule has 22 heavy (non-hydrogen) atoms. The second-order valence-corrected chi connectivity index (χ2v) is 5.34. The summed E-state index contributed by atoms with van der Waals surface area (Å²) in [5, 5.41) is 8.18. The topological polar surface area (TPSA) is 68.2 Å². The fraction of sp³-hybridized carbons (Fsp3) is 0.375. The van der Waals surface area contributed by atoms with E-state index in [1.807, 2.05) is 26.8 Å². The molecular weight excluding hydrogens is 280 g/mol. The van der Waals surface area contributed by atoms with Gasteiger partial charge in [-0.25, -0.2) is 4.98 Å². The number of rotatable bonds is 2. The van der Waals surface area contributed by atoms with E-state index in [0.717, 1.165) is 11.3 Å². The zero-order valence-corrected chi connectivity index (χ0v) is 13.0. The van der Waals surface area contributed by atoms with Gasteiger partial charge < -0.3 is 4.74 Å². The van der Waals surface area contributed by atoms with Crippen LogP contribution in [0.25, 0.3) is 0 Å². The highest BCUT2D eigenvalue weighted by Crippen LogP contribution is 2.31. The first-order valence-electron chi connectivity index (χ1n) is 7.34. The summed E-state index contributed by atoms with van der Waals surface area (Å²) in [4.78, 5) is 19.0. The monoisotopic (exact) mass is 298 g/mol. The van der Waals surface area contributed by atoms with E-state index in [1.54, 1.807) is 17.2 Å². The van der Waals surface area contributed by atoms with Gasteiger partial charge in [-0.2, -0.15) is 10.2 Å². The summed E-state index contributed by atoms with van der Waals surface area (Å²) in [6, 6.07) is 3.72. The van der Waals surface area contributed by atoms with Crippen molar-refractivity contribution in [3.8, 4) is 5.88 Å². The van der Waals surface area contributed by atoms with Crippen molar-refractivity contribution in [3.05, 3.63) is 40.8 Å². The number of fused-ring (bicyclic) bond motifs is 1. The largest absolute Gasteiger partial charge is 0.474 e. The third-order valence-electron chi connectivity index (χ3n) is 3.62. The molecule has 1 aliphatic rings. The quantitative estimate of drug-likeness (QED) is 0.849. The number of carbonyl (C=O) groups is 1. The van der Waals surface area contributed by atoms with Crippen LogP contribution in [0, 0.1) is 13.8 Å². The molecule has 1 aliphatic heterocycles. The van der Waals surface area contributed by atoms with E-state index in [-0.39, 0.29) is 5.91 Å². The maximum Gasteiger partial charge on any atom is 0.260 e. The van der Waals surface area contributed by atoms with E-state index in [4.69, 9.17) is 4.74 Å². The van der Waals surface area contributed by atoms with Crippen LogP contribution in [-0.2, 0) is 6.42 Å². The molecule has 6 heteroatoms. The Morgan fingerprint density at radius 3 is 2.91 bits per heavy atom. The predicted molar refractivity (Wildman–Crippen MR) is 82.3 cm³/mol. The summed E-state index contributed by atoms with van der Waals surface area (Å²) < 4.78 is 5.54. The van der Waals surface area contributed by atoms with E-state index >= 15 is 0 Å². The normalized spacial score (nSPS) is 13.5. The molecule has 6 nitrogen and oxygen atoms in total. The van der Waals surface area contributed by atoms with Gasteiger partial charge in [0.15, 0.2) is 0 Å². The van der Waals surface area contributed by atoms with Crippen LogP contribution in [0.2, 0.25) is 0 Å². The van der Waals surface area contributed by atoms with Crippen LogP contribution in [0.5, 0.6) is 5.88 Å². The van der Waals surface area contributed by atoms with Crippen LogP contribution in [0.4, 0.5) is 5.69 Å². The average molecular weight is 298 g/mol. The van der Waals surface area contributed by atoms with E-state index < -0.39 is 0 Å². The van der Waals surface area contributed by atoms with Crippen LogP contribution in [0.15, 0.2) is 18.3 Å². The summed E-state index contributed by atoms with van der Waals surface area (Å²) in [7, 11) is 0. The molecule has 0 spiro atoms. The fourth-order valence-electron chi connectivity index (χ4n) is 2.52. The molecule has 3 heterocycles. The Hall–Kier alpha value is -2.50. The number of carbonyl (C=O) groups excluding carboxylic acids is 1. The first-order chi connectivity index (χ1) is 10.6. The molecular formula is C16H18N4O2. The Morgan fingerprint density at radius 1 is 1.32 bits per heavy atom. The number of hydrogen-bond donors (Lipinski definition) is 0. The van der Waals surface area contributed by atoms with Gasteiger partial charge in [0, 0.05) is 6.20 Å². The second kappa shape index (κ2) is 5.71. The Kier molecular flexibility index (Phi) is 3.75. The molecule has 0 unspecified atom stereocenters. The van der Waals surface area contributed by atoms with Gasteiger partial charge in [0.2, 0.25) is 5.88 Å². The SMILES string of the molecule is CCc1nnc(C)cc1C(=O)N1CCOc2ncc(C)cc21. The molecule has 0 N–H and O–H groups in total. The number of amides is 1. The molecule has 0 saturated carbocycles. The third kappa shape index (κ3) is 2.52. The standard InChI is InChI=1S/C16H18N4O2/c1-4-13-12(8-11(3)18-19-13)16(21)20-5-6-22-15-14(20)7-10(2)9-17-15/h7-9H,4-6H2,1-3H3. The fourth-order valence-corrected chi connectivity index (χ4v) is 2.52. The van der Waals surface area contributed by atoms with Crippen LogP contribution in [-0.4, -0.2) is 34.2 Å². The minimum atomic E-state index is -0.0770. The lowest BCUT2D eigenvalue weighted by atomic mass is 10.1. The van der Waals surface area contributed by atoms with Gasteiger partial charge in [0.25, 0.3) is 5.91 Å². The molecule has 0 aliphatic carbocycles. The molecule has 114 valence electrons. The number of anilines is 1. The van der Waals surface area contributed by atoms with E-state index in [0.29, 0.717) is 42.4 Å². The number of pyridine rings is 1. The molecule has 1 amide bonds. The summed E-state index contributed by atoms with van der Waals surface area (Å²) >= 11 is 0. The van der Waals surface area contributed by atoms with Crippen LogP contribution in [0.1, 0.15) is 34.2 Å². The van der Waals surface area contributed by atoms with Gasteiger partial charge in [0.1, 0.15) is 12.3 Å². The van der Waals surface area contributed by atoms with Crippen molar-refractivity contribution in [1.29, 1.82) is 0 Å². The molecule has 0 fully saturated rings. The van der Waals surface area contributed by atoms with Gasteiger partial charge in [-0.3, -0.25) is 9.69 Å². The minimum absolute atomic E-state index is 0.0770. The van der Waals surface area contributed by atoms with Gasteiger partial charge in [-0.05, 0) is 38.0 Å². The van der Waals surface area contributed by atoms with Gasteiger partial charge in [-0.15, -0.1) is 0 Å². The number of aryl methyl sites for hydroxylation is 3. The Morgan fingerprint density at radius 2 is 2.14 bits per heavy atom. The zero-order chi connectivity index (χ0) is 15.7. The Labute approximate surface area is 129 Å². The summed E-state index contributed by atoms with van der Waals surface area (Å²) in [5.41, 5.74) is 3.75. The van der Waals surface area contributed by atoms with Crippen molar-refractivity contribution >= 4 is 11.6 Å². The minimum Gasteiger partial charge on any atom is -0.474 e. The Balaban J connectivity index is 2.04. The lowest BCUT2D eigenvalue weighted by molar-refractivity contribution is 0.0974. The number of nitrogens with zero attached hydrogens (tertiary/aromatic N) is 4. The Bertz CT molecular complexity index is 730. The predicted octanol–water partition coefficient (Wildman–Crippen LogP) is 2.09. The van der Waals surface area contributed by atoms with Crippen LogP contribution < -0.4 is 9.64 Å². The van der Waals surface area contributed by atoms with Crippen molar-refractivity contribution in [2.45, 2.75) is 27.2 Å². The molecule has 0 bridgehead atoms. The number of hydrogen-bond acceptors (Lipinski definition) is 5. The molecule has 3 rings (SSSR count). The first-order valence-corrected chi connectivity index (χ1v) is 7.34. The van der Waals surface area contributed by atoms with Crippen LogP contribution in [0.3, 0.4) is 0 Å². The van der Waals surface area contributed by atoms with E-state index in [1.165, 1.54) is 0 Å². The highest BCUT2D eigenvalue weighted by Gasteiger charge is 2.27. The van der Waals surface area contributed by atoms with Gasteiger partial charge >= 0.3 is 0 Å². The molecule has 2 aromatic rings. The third-order valence-corrected chi connectivity index (χ3v) is 3.62. The lowest BCUT2D eigenvalue weighted by Crippen LogP contribution is -2.39. The van der Waals surface area contributed by atoms with Gasteiger partial charge in [0.05, 0.1) is 23.5 Å². The zero-order valence-electron chi connectivity index (χ0n) is 13.0. The van der Waals surface area contributed by atoms with Crippen molar-refractivity contribution in [1.82, 2.24) is 15.2 Å². The highest BCUT2D eigenvalue weighted by molar-refractivity contribution is 6.07. The van der Waals surface area contributed by atoms with Crippen molar-refractivity contribution < 1.29 is 9.53 Å². The van der Waals surface area contributed by atoms with Crippen molar-refractivity contribution in [2.75, 3.05) is 18.1 Å². The maximum absolute atomic E-state index is 13.0. The summed E-state index contributed by atoms with van der Waals surface area (Å²) in [6.45, 7) is 6.69. The smallest absolute Gasteiger partial charge is 0.260 e. The molecule has 0 atom stereocenters. The molecule has 0 saturated heterocycles. The summed E-state index contributed by atoms with van der Waals surface area (Å²) in [5.74, 6) is 0.425. The summed E-state index contributed by atoms with van der Waals surface area (Å²) in [6.07, 6.45) is 2.40. The van der Waals surface area contributed by atoms with Gasteiger partial charge in [-0.1, -0.05) is 6.92 Å². The van der Waals surface area contributed by atoms with Crippen LogP contribution >= 0.6 is 0 Å². The van der Waals surface area contributed by atoms with E-state index in [2.05, 4.69) is 15.2 Å². The molecule has 0 aromatic carbocycles. The maximum atomic E-state index is 13.0. The molecule has 2 aromatic heterocycles.